The Morgan fingerprint density at radius 1 is 0.933 bits per heavy atom. The maximum atomic E-state index is 12.7. The van der Waals surface area contributed by atoms with E-state index in [0.717, 1.165) is 16.9 Å². The number of nitrogens with zero attached hydrogens (tertiary/aromatic N) is 1. The van der Waals surface area contributed by atoms with Crippen LogP contribution in [0.4, 0.5) is 5.69 Å². The molecule has 6 nitrogen and oxygen atoms in total. The first kappa shape index (κ1) is 18.6. The Morgan fingerprint density at radius 2 is 1.57 bits per heavy atom. The summed E-state index contributed by atoms with van der Waals surface area (Å²) in [6.07, 6.45) is 4.97. The van der Waals surface area contributed by atoms with Gasteiger partial charge in [-0.1, -0.05) is 42.5 Å². The highest BCUT2D eigenvalue weighted by Crippen LogP contribution is 2.52. The van der Waals surface area contributed by atoms with E-state index < -0.39 is 0 Å². The lowest BCUT2D eigenvalue weighted by Gasteiger charge is -2.17. The Morgan fingerprint density at radius 3 is 2.20 bits per heavy atom. The summed E-state index contributed by atoms with van der Waals surface area (Å²) in [6.45, 7) is 0.223. The van der Waals surface area contributed by atoms with E-state index in [1.165, 1.54) is 0 Å². The number of benzene rings is 2. The fourth-order valence-electron chi connectivity index (χ4n) is 4.84. The first-order valence-electron chi connectivity index (χ1n) is 10.2. The van der Waals surface area contributed by atoms with Crippen molar-refractivity contribution >= 4 is 23.4 Å². The second kappa shape index (κ2) is 7.44. The van der Waals surface area contributed by atoms with Crippen molar-refractivity contribution in [1.29, 1.82) is 0 Å². The molecule has 1 saturated heterocycles. The van der Waals surface area contributed by atoms with Crippen LogP contribution in [0.1, 0.15) is 12.0 Å². The Hall–Kier alpha value is -3.41. The molecule has 2 aromatic rings. The number of anilines is 1. The first-order chi connectivity index (χ1) is 14.6. The molecule has 30 heavy (non-hydrogen) atoms. The highest BCUT2D eigenvalue weighted by molar-refractivity contribution is 6.09. The molecule has 3 amide bonds. The van der Waals surface area contributed by atoms with Gasteiger partial charge < -0.3 is 10.1 Å². The number of imide groups is 1. The summed E-state index contributed by atoms with van der Waals surface area (Å²) in [5, 5.41) is 2.76. The molecule has 2 aliphatic carbocycles. The molecule has 0 spiro atoms. The second-order valence-corrected chi connectivity index (χ2v) is 8.11. The Bertz CT molecular complexity index is 985. The molecule has 1 heterocycles. The molecule has 0 aromatic heterocycles. The second-order valence-electron chi connectivity index (χ2n) is 8.11. The number of rotatable bonds is 6. The fourth-order valence-corrected chi connectivity index (χ4v) is 4.84. The number of fused-ring (bicyclic) bond motifs is 5. The number of hydrogen-bond donors (Lipinski definition) is 1. The number of nitrogens with one attached hydrogen (secondary N) is 1. The van der Waals surface area contributed by atoms with E-state index in [2.05, 4.69) is 5.32 Å². The van der Waals surface area contributed by atoms with Crippen LogP contribution in [-0.4, -0.2) is 29.2 Å². The van der Waals surface area contributed by atoms with Crippen LogP contribution in [0, 0.1) is 23.7 Å². The van der Waals surface area contributed by atoms with Crippen LogP contribution in [-0.2, 0) is 21.0 Å². The van der Waals surface area contributed by atoms with Gasteiger partial charge in [0, 0.05) is 5.69 Å². The molecule has 4 unspecified atom stereocenters. The summed E-state index contributed by atoms with van der Waals surface area (Å²) in [5.41, 5.74) is 1.66. The summed E-state index contributed by atoms with van der Waals surface area (Å²) < 4.78 is 5.74. The molecule has 3 aliphatic rings. The molecule has 1 N–H and O–H groups in total. The van der Waals surface area contributed by atoms with Crippen molar-refractivity contribution in [2.45, 2.75) is 13.0 Å². The zero-order chi connectivity index (χ0) is 20.7. The third-order valence-corrected chi connectivity index (χ3v) is 6.25. The van der Waals surface area contributed by atoms with Crippen molar-refractivity contribution < 1.29 is 19.1 Å². The van der Waals surface area contributed by atoms with Crippen molar-refractivity contribution in [2.24, 2.45) is 23.7 Å². The third kappa shape index (κ3) is 3.28. The van der Waals surface area contributed by atoms with E-state index in [4.69, 9.17) is 4.74 Å². The van der Waals surface area contributed by atoms with E-state index in [1.807, 2.05) is 42.5 Å². The number of hydrogen-bond acceptors (Lipinski definition) is 4. The lowest BCUT2D eigenvalue weighted by Crippen LogP contribution is -2.39. The topological polar surface area (TPSA) is 75.7 Å². The molecular weight excluding hydrogens is 380 g/mol. The van der Waals surface area contributed by atoms with Crippen molar-refractivity contribution in [1.82, 2.24) is 4.90 Å². The highest BCUT2D eigenvalue weighted by atomic mass is 16.5. The minimum absolute atomic E-state index is 0.146. The molecule has 4 atom stereocenters. The molecule has 6 heteroatoms. The Labute approximate surface area is 174 Å². The molecule has 2 fully saturated rings. The Balaban J connectivity index is 1.16. The largest absolute Gasteiger partial charge is 0.489 e. The maximum absolute atomic E-state index is 12.7. The number of ether oxygens (including phenoxy) is 1. The summed E-state index contributed by atoms with van der Waals surface area (Å²) in [6, 6.07) is 16.9. The minimum Gasteiger partial charge on any atom is -0.489 e. The molecule has 1 saturated carbocycles. The maximum Gasteiger partial charge on any atom is 0.244 e. The van der Waals surface area contributed by atoms with Gasteiger partial charge in [0.25, 0.3) is 0 Å². The average molecular weight is 402 g/mol. The normalized spacial score (nSPS) is 26.2. The van der Waals surface area contributed by atoms with Crippen molar-refractivity contribution in [3.63, 3.8) is 0 Å². The van der Waals surface area contributed by atoms with Crippen LogP contribution in [0.25, 0.3) is 0 Å². The molecule has 2 aromatic carbocycles. The number of allylic oxidation sites excluding steroid dienone is 2. The van der Waals surface area contributed by atoms with Gasteiger partial charge in [-0.15, -0.1) is 0 Å². The molecule has 5 rings (SSSR count). The van der Waals surface area contributed by atoms with Gasteiger partial charge in [-0.2, -0.15) is 0 Å². The first-order valence-corrected chi connectivity index (χ1v) is 10.2. The number of carbonyl (C=O) groups is 3. The van der Waals surface area contributed by atoms with Crippen molar-refractivity contribution in [2.75, 3.05) is 11.9 Å². The summed E-state index contributed by atoms with van der Waals surface area (Å²) in [4.78, 5) is 38.9. The molecule has 1 aliphatic heterocycles. The van der Waals surface area contributed by atoms with Crippen molar-refractivity contribution in [3.05, 3.63) is 72.3 Å². The Kier molecular flexibility index (Phi) is 4.62. The van der Waals surface area contributed by atoms with Crippen LogP contribution in [0.5, 0.6) is 5.75 Å². The van der Waals surface area contributed by atoms with Gasteiger partial charge in [0.2, 0.25) is 17.7 Å². The van der Waals surface area contributed by atoms with Gasteiger partial charge >= 0.3 is 0 Å². The monoisotopic (exact) mass is 402 g/mol. The third-order valence-electron chi connectivity index (χ3n) is 6.25. The number of amides is 3. The fraction of sp³-hybridized carbons (Fsp3) is 0.292. The summed E-state index contributed by atoms with van der Waals surface area (Å²) >= 11 is 0. The molecular formula is C24H22N2O4. The van der Waals surface area contributed by atoms with Crippen molar-refractivity contribution in [3.8, 4) is 5.75 Å². The average Bonchev–Trinajstić information content (AvgIpc) is 3.44. The van der Waals surface area contributed by atoms with Crippen LogP contribution >= 0.6 is 0 Å². The van der Waals surface area contributed by atoms with E-state index in [-0.39, 0.29) is 47.9 Å². The van der Waals surface area contributed by atoms with Crippen LogP contribution in [0.2, 0.25) is 0 Å². The zero-order valence-corrected chi connectivity index (χ0v) is 16.4. The standard InChI is InChI=1S/C24H22N2O4/c27-20(13-26-23(28)21-16-6-7-17(12-16)22(21)24(26)29)25-18-8-10-19(11-9-18)30-14-15-4-2-1-3-5-15/h1-11,16-17,21-22H,12-14H2,(H,25,27). The molecule has 152 valence electrons. The summed E-state index contributed by atoms with van der Waals surface area (Å²) in [7, 11) is 0. The SMILES string of the molecule is O=C(CN1C(=O)C2C3C=CC(C3)C2C1=O)Nc1ccc(OCc2ccccc2)cc1. The van der Waals surface area contributed by atoms with E-state index >= 15 is 0 Å². The van der Waals surface area contributed by atoms with Gasteiger partial charge in [0.05, 0.1) is 11.8 Å². The zero-order valence-electron chi connectivity index (χ0n) is 16.4. The van der Waals surface area contributed by atoms with Crippen LogP contribution in [0.15, 0.2) is 66.7 Å². The van der Waals surface area contributed by atoms with Gasteiger partial charge in [-0.3, -0.25) is 19.3 Å². The van der Waals surface area contributed by atoms with Crippen LogP contribution in [0.3, 0.4) is 0 Å². The van der Waals surface area contributed by atoms with Gasteiger partial charge in [-0.05, 0) is 48.1 Å². The molecule has 2 bridgehead atoms. The number of carbonyl (C=O) groups excluding carboxylic acids is 3. The van der Waals surface area contributed by atoms with Gasteiger partial charge in [-0.25, -0.2) is 0 Å². The molecule has 0 radical (unpaired) electrons. The van der Waals surface area contributed by atoms with E-state index in [9.17, 15) is 14.4 Å². The minimum atomic E-state index is -0.380. The van der Waals surface area contributed by atoms with Gasteiger partial charge in [0.1, 0.15) is 18.9 Å². The van der Waals surface area contributed by atoms with Crippen LogP contribution < -0.4 is 10.1 Å². The quantitative estimate of drug-likeness (QED) is 0.595. The predicted octanol–water partition coefficient (Wildman–Crippen LogP) is 3.01. The highest BCUT2D eigenvalue weighted by Gasteiger charge is 2.59. The van der Waals surface area contributed by atoms with E-state index in [0.29, 0.717) is 18.0 Å². The lowest BCUT2D eigenvalue weighted by molar-refractivity contribution is -0.143. The number of likely N-dealkylation sites (tertiary alicyclic amines) is 1. The lowest BCUT2D eigenvalue weighted by atomic mass is 9.85. The predicted molar refractivity (Wildman–Crippen MR) is 110 cm³/mol. The van der Waals surface area contributed by atoms with E-state index in [1.54, 1.807) is 24.3 Å². The van der Waals surface area contributed by atoms with Gasteiger partial charge in [0.15, 0.2) is 0 Å². The summed E-state index contributed by atoms with van der Waals surface area (Å²) in [5.74, 6) is -0.362. The smallest absolute Gasteiger partial charge is 0.244 e.